The average Bonchev–Trinajstić information content (AvgIpc) is 3.46. The van der Waals surface area contributed by atoms with Crippen molar-refractivity contribution in [2.75, 3.05) is 26.2 Å². The van der Waals surface area contributed by atoms with Crippen LogP contribution in [0.15, 0.2) is 58.4 Å². The van der Waals surface area contributed by atoms with Gasteiger partial charge in [-0.15, -0.1) is 0 Å². The molecule has 0 saturated carbocycles. The number of likely N-dealkylation sites (tertiary alicyclic amines) is 1. The summed E-state index contributed by atoms with van der Waals surface area (Å²) in [6, 6.07) is 6.08. The van der Waals surface area contributed by atoms with E-state index < -0.39 is 0 Å². The zero-order valence-corrected chi connectivity index (χ0v) is 18.8. The normalized spacial score (nSPS) is 20.2. The Morgan fingerprint density at radius 3 is 3.03 bits per heavy atom. The summed E-state index contributed by atoms with van der Waals surface area (Å²) < 4.78 is 6.03. The van der Waals surface area contributed by atoms with Gasteiger partial charge in [-0.2, -0.15) is 5.10 Å². The van der Waals surface area contributed by atoms with Crippen LogP contribution in [0.3, 0.4) is 0 Å². The Balaban J connectivity index is 1.16. The number of aromatic amines is 2. The van der Waals surface area contributed by atoms with Gasteiger partial charge >= 0.3 is 0 Å². The van der Waals surface area contributed by atoms with Gasteiger partial charge < -0.3 is 14.6 Å². The SMILES string of the molecule is C1=CC2=CSc3c(-c4nc5ccc(OCCCN6CCCCC6)cc5[nH]4)n[nH]c3C2C=C1. The molecular formula is C25H27N5OS. The minimum absolute atomic E-state index is 0.242. The molecule has 164 valence electrons. The van der Waals surface area contributed by atoms with E-state index in [1.165, 1.54) is 37.9 Å². The van der Waals surface area contributed by atoms with Gasteiger partial charge in [0.15, 0.2) is 5.82 Å². The molecule has 1 atom stereocenters. The Morgan fingerprint density at radius 1 is 1.16 bits per heavy atom. The van der Waals surface area contributed by atoms with Gasteiger partial charge in [-0.25, -0.2) is 4.98 Å². The molecule has 1 aliphatic carbocycles. The molecule has 1 unspecified atom stereocenters. The van der Waals surface area contributed by atoms with E-state index in [4.69, 9.17) is 9.72 Å². The molecule has 7 heteroatoms. The number of allylic oxidation sites excluding steroid dienone is 5. The molecule has 3 aliphatic rings. The lowest BCUT2D eigenvalue weighted by Crippen LogP contribution is -2.31. The van der Waals surface area contributed by atoms with E-state index in [1.807, 2.05) is 18.2 Å². The third-order valence-corrected chi connectivity index (χ3v) is 7.49. The molecule has 2 aliphatic heterocycles. The fourth-order valence-corrected chi connectivity index (χ4v) is 5.78. The molecule has 0 spiro atoms. The highest BCUT2D eigenvalue weighted by Gasteiger charge is 2.28. The van der Waals surface area contributed by atoms with Crippen LogP contribution in [-0.2, 0) is 0 Å². The number of benzene rings is 1. The zero-order valence-electron chi connectivity index (χ0n) is 18.0. The third kappa shape index (κ3) is 3.80. The van der Waals surface area contributed by atoms with Crippen LogP contribution >= 0.6 is 11.8 Å². The van der Waals surface area contributed by atoms with Crippen molar-refractivity contribution in [1.82, 2.24) is 25.1 Å². The van der Waals surface area contributed by atoms with Crippen LogP contribution in [0.25, 0.3) is 22.6 Å². The number of imidazole rings is 1. The number of hydrogen-bond donors (Lipinski definition) is 2. The van der Waals surface area contributed by atoms with Gasteiger partial charge in [0.1, 0.15) is 11.4 Å². The molecule has 6 nitrogen and oxygen atoms in total. The summed E-state index contributed by atoms with van der Waals surface area (Å²) >= 11 is 1.71. The molecule has 0 bridgehead atoms. The summed E-state index contributed by atoms with van der Waals surface area (Å²) in [4.78, 5) is 12.0. The molecule has 32 heavy (non-hydrogen) atoms. The van der Waals surface area contributed by atoms with Gasteiger partial charge in [0.2, 0.25) is 0 Å². The van der Waals surface area contributed by atoms with Gasteiger partial charge in [-0.1, -0.05) is 42.5 Å². The fraction of sp³-hybridized carbons (Fsp3) is 0.360. The number of fused-ring (bicyclic) bond motifs is 4. The van der Waals surface area contributed by atoms with Gasteiger partial charge in [-0.05, 0) is 55.5 Å². The molecule has 4 heterocycles. The van der Waals surface area contributed by atoms with Crippen LogP contribution < -0.4 is 4.74 Å². The van der Waals surface area contributed by atoms with E-state index in [1.54, 1.807) is 11.8 Å². The van der Waals surface area contributed by atoms with E-state index in [0.717, 1.165) is 58.5 Å². The maximum absolute atomic E-state index is 6.03. The standard InChI is InChI=1S/C25H27N5OS/c1-4-11-30(12-5-1)13-6-14-31-18-9-10-20-21(15-18)27-25(26-20)23-24-22(28-29-23)19-8-3-2-7-17(19)16-32-24/h2-3,7-10,15-16,19H,1,4-6,11-14H2,(H,26,27)(H,28,29). The summed E-state index contributed by atoms with van der Waals surface area (Å²) in [6.45, 7) is 4.34. The van der Waals surface area contributed by atoms with Crippen molar-refractivity contribution >= 4 is 22.8 Å². The number of nitrogens with zero attached hydrogens (tertiary/aromatic N) is 3. The van der Waals surface area contributed by atoms with Crippen LogP contribution in [0.4, 0.5) is 0 Å². The maximum Gasteiger partial charge on any atom is 0.160 e. The molecule has 0 radical (unpaired) electrons. The number of rotatable bonds is 6. The average molecular weight is 446 g/mol. The zero-order chi connectivity index (χ0) is 21.3. The Kier molecular flexibility index (Phi) is 5.37. The first-order valence-corrected chi connectivity index (χ1v) is 12.4. The second-order valence-electron chi connectivity index (χ2n) is 8.64. The Labute approximate surface area is 191 Å². The van der Waals surface area contributed by atoms with E-state index in [0.29, 0.717) is 0 Å². The van der Waals surface area contributed by atoms with Gasteiger partial charge in [0.25, 0.3) is 0 Å². The van der Waals surface area contributed by atoms with Crippen molar-refractivity contribution in [1.29, 1.82) is 0 Å². The molecular weight excluding hydrogens is 418 g/mol. The predicted octanol–water partition coefficient (Wildman–Crippen LogP) is 5.41. The van der Waals surface area contributed by atoms with Crippen molar-refractivity contribution in [2.24, 2.45) is 0 Å². The Hall–Kier alpha value is -2.77. The molecule has 0 amide bonds. The quantitative estimate of drug-likeness (QED) is 0.497. The van der Waals surface area contributed by atoms with Gasteiger partial charge in [0.05, 0.1) is 28.2 Å². The first-order valence-electron chi connectivity index (χ1n) is 11.5. The van der Waals surface area contributed by atoms with E-state index >= 15 is 0 Å². The number of nitrogens with one attached hydrogen (secondary N) is 2. The van der Waals surface area contributed by atoms with E-state index in [-0.39, 0.29) is 5.92 Å². The topological polar surface area (TPSA) is 69.8 Å². The van der Waals surface area contributed by atoms with Crippen molar-refractivity contribution in [3.05, 3.63) is 59.2 Å². The summed E-state index contributed by atoms with van der Waals surface area (Å²) in [6.07, 6.45) is 13.7. The van der Waals surface area contributed by atoms with Crippen molar-refractivity contribution < 1.29 is 4.74 Å². The Morgan fingerprint density at radius 2 is 2.09 bits per heavy atom. The summed E-state index contributed by atoms with van der Waals surface area (Å²) in [7, 11) is 0. The first-order chi connectivity index (χ1) is 15.8. The van der Waals surface area contributed by atoms with Crippen LogP contribution in [0.5, 0.6) is 5.75 Å². The highest BCUT2D eigenvalue weighted by Crippen LogP contribution is 2.45. The van der Waals surface area contributed by atoms with Gasteiger partial charge in [-0.3, -0.25) is 5.10 Å². The highest BCUT2D eigenvalue weighted by molar-refractivity contribution is 8.02. The summed E-state index contributed by atoms with van der Waals surface area (Å²) in [5, 5.41) is 10.1. The monoisotopic (exact) mass is 445 g/mol. The number of H-pyrrole nitrogens is 2. The molecule has 2 aromatic heterocycles. The number of ether oxygens (including phenoxy) is 1. The number of piperidine rings is 1. The van der Waals surface area contributed by atoms with Crippen LogP contribution in [0.1, 0.15) is 37.3 Å². The molecule has 1 fully saturated rings. The number of aromatic nitrogens is 4. The van der Waals surface area contributed by atoms with Crippen molar-refractivity contribution in [3.63, 3.8) is 0 Å². The van der Waals surface area contributed by atoms with Crippen molar-refractivity contribution in [3.8, 4) is 17.3 Å². The maximum atomic E-state index is 6.03. The van der Waals surface area contributed by atoms with Crippen LogP contribution in [0.2, 0.25) is 0 Å². The highest BCUT2D eigenvalue weighted by atomic mass is 32.2. The lowest BCUT2D eigenvalue weighted by atomic mass is 9.92. The molecule has 2 N–H and O–H groups in total. The number of hydrogen-bond acceptors (Lipinski definition) is 5. The minimum Gasteiger partial charge on any atom is -0.493 e. The summed E-state index contributed by atoms with van der Waals surface area (Å²) in [5.74, 6) is 1.92. The third-order valence-electron chi connectivity index (χ3n) is 6.45. The second kappa shape index (κ2) is 8.64. The van der Waals surface area contributed by atoms with Gasteiger partial charge in [0, 0.05) is 18.5 Å². The fourth-order valence-electron chi connectivity index (χ4n) is 4.75. The van der Waals surface area contributed by atoms with Crippen LogP contribution in [0, 0.1) is 0 Å². The smallest absolute Gasteiger partial charge is 0.160 e. The van der Waals surface area contributed by atoms with Crippen molar-refractivity contribution in [2.45, 2.75) is 36.5 Å². The lowest BCUT2D eigenvalue weighted by molar-refractivity contribution is 0.205. The molecule has 6 rings (SSSR count). The number of thioether (sulfide) groups is 1. The minimum atomic E-state index is 0.242. The molecule has 1 aromatic carbocycles. The predicted molar refractivity (Wildman–Crippen MR) is 129 cm³/mol. The molecule has 1 saturated heterocycles. The first kappa shape index (κ1) is 19.9. The van der Waals surface area contributed by atoms with E-state index in [2.05, 4.69) is 49.8 Å². The Bertz CT molecular complexity index is 1210. The summed E-state index contributed by atoms with van der Waals surface area (Å²) in [5.41, 5.74) is 5.22. The van der Waals surface area contributed by atoms with E-state index in [9.17, 15) is 0 Å². The largest absolute Gasteiger partial charge is 0.493 e. The second-order valence-corrected chi connectivity index (χ2v) is 9.52. The lowest BCUT2D eigenvalue weighted by Gasteiger charge is -2.26. The van der Waals surface area contributed by atoms with Crippen LogP contribution in [-0.4, -0.2) is 51.3 Å². The molecule has 3 aromatic rings.